The average Bonchev–Trinajstić information content (AvgIpc) is 2.44. The van der Waals surface area contributed by atoms with Crippen LogP contribution in [0, 0.1) is 0 Å². The molecule has 1 aromatic heterocycles. The maximum absolute atomic E-state index is 12.3. The Bertz CT molecular complexity index is 731. The Morgan fingerprint density at radius 1 is 1.33 bits per heavy atom. The molecule has 7 heteroatoms. The van der Waals surface area contributed by atoms with Crippen molar-refractivity contribution in [1.82, 2.24) is 9.71 Å². The third-order valence-electron chi connectivity index (χ3n) is 3.10. The van der Waals surface area contributed by atoms with Gasteiger partial charge in [-0.3, -0.25) is 0 Å². The number of benzene rings is 1. The summed E-state index contributed by atoms with van der Waals surface area (Å²) in [5.74, 6) is 0.407. The lowest BCUT2D eigenvalue weighted by molar-refractivity contribution is 0.188. The van der Waals surface area contributed by atoms with Gasteiger partial charge in [-0.05, 0) is 43.7 Å². The SMILES string of the molecule is COCCC(C)NS(=O)(=O)c1ccc2nc(N)ccc2c1. The minimum absolute atomic E-state index is 0.199. The van der Waals surface area contributed by atoms with Gasteiger partial charge in [0.25, 0.3) is 0 Å². The number of fused-ring (bicyclic) bond motifs is 1. The first-order valence-electron chi connectivity index (χ1n) is 6.60. The number of anilines is 1. The van der Waals surface area contributed by atoms with E-state index in [4.69, 9.17) is 10.5 Å². The number of nitrogens with zero attached hydrogens (tertiary/aromatic N) is 1. The number of hydrogen-bond donors (Lipinski definition) is 2. The second-order valence-corrected chi connectivity index (χ2v) is 6.61. The summed E-state index contributed by atoms with van der Waals surface area (Å²) < 4.78 is 32.2. The van der Waals surface area contributed by atoms with E-state index in [1.165, 1.54) is 6.07 Å². The molecule has 0 saturated carbocycles. The number of aromatic nitrogens is 1. The van der Waals surface area contributed by atoms with Crippen LogP contribution in [-0.4, -0.2) is 33.2 Å². The Morgan fingerprint density at radius 3 is 2.81 bits per heavy atom. The van der Waals surface area contributed by atoms with Crippen molar-refractivity contribution in [3.8, 4) is 0 Å². The number of sulfonamides is 1. The molecule has 0 fully saturated rings. The fourth-order valence-corrected chi connectivity index (χ4v) is 3.29. The largest absolute Gasteiger partial charge is 0.385 e. The molecule has 0 aliphatic rings. The summed E-state index contributed by atoms with van der Waals surface area (Å²) in [6.45, 7) is 2.31. The van der Waals surface area contributed by atoms with Gasteiger partial charge in [0, 0.05) is 25.1 Å². The fourth-order valence-electron chi connectivity index (χ4n) is 1.97. The molecule has 21 heavy (non-hydrogen) atoms. The molecule has 0 amide bonds. The molecule has 2 aromatic rings. The normalized spacial score (nSPS) is 13.4. The molecule has 0 saturated heterocycles. The van der Waals surface area contributed by atoms with Crippen molar-refractivity contribution in [3.63, 3.8) is 0 Å². The van der Waals surface area contributed by atoms with Crippen LogP contribution in [0.2, 0.25) is 0 Å². The van der Waals surface area contributed by atoms with Gasteiger partial charge < -0.3 is 10.5 Å². The van der Waals surface area contributed by atoms with E-state index in [0.717, 1.165) is 5.39 Å². The van der Waals surface area contributed by atoms with Crippen LogP contribution in [0.4, 0.5) is 5.82 Å². The zero-order chi connectivity index (χ0) is 15.5. The molecule has 0 aliphatic carbocycles. The Balaban J connectivity index is 2.25. The third kappa shape index (κ3) is 3.90. The molecule has 0 radical (unpaired) electrons. The van der Waals surface area contributed by atoms with Gasteiger partial charge in [0.05, 0.1) is 10.4 Å². The lowest BCUT2D eigenvalue weighted by Gasteiger charge is -2.14. The monoisotopic (exact) mass is 309 g/mol. The number of methoxy groups -OCH3 is 1. The van der Waals surface area contributed by atoms with Crippen molar-refractivity contribution in [3.05, 3.63) is 30.3 Å². The minimum Gasteiger partial charge on any atom is -0.385 e. The molecule has 0 aliphatic heterocycles. The summed E-state index contributed by atoms with van der Waals surface area (Å²) in [5, 5.41) is 0.733. The first-order valence-corrected chi connectivity index (χ1v) is 8.08. The van der Waals surface area contributed by atoms with E-state index in [-0.39, 0.29) is 10.9 Å². The lowest BCUT2D eigenvalue weighted by Crippen LogP contribution is -2.33. The molecule has 2 rings (SSSR count). The Hall–Kier alpha value is -1.70. The maximum atomic E-state index is 12.3. The third-order valence-corrected chi connectivity index (χ3v) is 4.69. The van der Waals surface area contributed by atoms with Gasteiger partial charge in [0.15, 0.2) is 0 Å². The summed E-state index contributed by atoms with van der Waals surface area (Å²) in [5.41, 5.74) is 6.27. The smallest absolute Gasteiger partial charge is 0.240 e. The van der Waals surface area contributed by atoms with Crippen LogP contribution in [0.15, 0.2) is 35.2 Å². The van der Waals surface area contributed by atoms with Crippen LogP contribution in [0.3, 0.4) is 0 Å². The molecule has 0 spiro atoms. The number of pyridine rings is 1. The minimum atomic E-state index is -3.56. The number of rotatable bonds is 6. The zero-order valence-corrected chi connectivity index (χ0v) is 12.9. The molecule has 1 aromatic carbocycles. The fraction of sp³-hybridized carbons (Fsp3) is 0.357. The first kappa shape index (κ1) is 15.7. The van der Waals surface area contributed by atoms with Crippen LogP contribution >= 0.6 is 0 Å². The van der Waals surface area contributed by atoms with Gasteiger partial charge in [-0.1, -0.05) is 0 Å². The van der Waals surface area contributed by atoms with Gasteiger partial charge in [-0.25, -0.2) is 18.1 Å². The summed E-state index contributed by atoms with van der Waals surface area (Å²) >= 11 is 0. The van der Waals surface area contributed by atoms with E-state index in [9.17, 15) is 8.42 Å². The molecule has 1 unspecified atom stereocenters. The van der Waals surface area contributed by atoms with Crippen molar-refractivity contribution in [1.29, 1.82) is 0 Å². The molecular formula is C14H19N3O3S. The molecule has 114 valence electrons. The highest BCUT2D eigenvalue weighted by Gasteiger charge is 2.17. The van der Waals surface area contributed by atoms with E-state index in [1.54, 1.807) is 38.3 Å². The number of nitrogen functional groups attached to an aromatic ring is 1. The number of nitrogens with one attached hydrogen (secondary N) is 1. The van der Waals surface area contributed by atoms with Crippen LogP contribution in [-0.2, 0) is 14.8 Å². The van der Waals surface area contributed by atoms with E-state index < -0.39 is 10.0 Å². The van der Waals surface area contributed by atoms with Crippen molar-refractivity contribution >= 4 is 26.7 Å². The van der Waals surface area contributed by atoms with Crippen molar-refractivity contribution < 1.29 is 13.2 Å². The van der Waals surface area contributed by atoms with Crippen LogP contribution in [0.25, 0.3) is 10.9 Å². The molecule has 1 heterocycles. The van der Waals surface area contributed by atoms with Crippen LogP contribution < -0.4 is 10.5 Å². The molecule has 1 atom stereocenters. The van der Waals surface area contributed by atoms with Crippen molar-refractivity contribution in [2.24, 2.45) is 0 Å². The van der Waals surface area contributed by atoms with Crippen molar-refractivity contribution in [2.45, 2.75) is 24.3 Å². The van der Waals surface area contributed by atoms with Crippen LogP contribution in [0.1, 0.15) is 13.3 Å². The second-order valence-electron chi connectivity index (χ2n) is 4.89. The first-order chi connectivity index (χ1) is 9.92. The highest BCUT2D eigenvalue weighted by molar-refractivity contribution is 7.89. The Morgan fingerprint density at radius 2 is 2.10 bits per heavy atom. The van der Waals surface area contributed by atoms with E-state index in [0.29, 0.717) is 24.4 Å². The van der Waals surface area contributed by atoms with E-state index in [1.807, 2.05) is 0 Å². The van der Waals surface area contributed by atoms with Gasteiger partial charge in [0.2, 0.25) is 10.0 Å². The number of hydrogen-bond acceptors (Lipinski definition) is 5. The van der Waals surface area contributed by atoms with E-state index in [2.05, 4.69) is 9.71 Å². The highest BCUT2D eigenvalue weighted by atomic mass is 32.2. The quantitative estimate of drug-likeness (QED) is 0.843. The Labute approximate surface area is 124 Å². The van der Waals surface area contributed by atoms with Gasteiger partial charge in [-0.15, -0.1) is 0 Å². The highest BCUT2D eigenvalue weighted by Crippen LogP contribution is 2.19. The van der Waals surface area contributed by atoms with Crippen LogP contribution in [0.5, 0.6) is 0 Å². The van der Waals surface area contributed by atoms with Gasteiger partial charge in [0.1, 0.15) is 5.82 Å². The zero-order valence-electron chi connectivity index (χ0n) is 12.0. The van der Waals surface area contributed by atoms with Gasteiger partial charge >= 0.3 is 0 Å². The topological polar surface area (TPSA) is 94.3 Å². The molecular weight excluding hydrogens is 290 g/mol. The summed E-state index contributed by atoms with van der Waals surface area (Å²) in [4.78, 5) is 4.36. The lowest BCUT2D eigenvalue weighted by atomic mass is 10.2. The van der Waals surface area contributed by atoms with Crippen molar-refractivity contribution in [2.75, 3.05) is 19.5 Å². The summed E-state index contributed by atoms with van der Waals surface area (Å²) in [6.07, 6.45) is 0.613. The Kier molecular flexibility index (Phi) is 4.76. The predicted octanol–water partition coefficient (Wildman–Crippen LogP) is 1.52. The van der Waals surface area contributed by atoms with Gasteiger partial charge in [-0.2, -0.15) is 0 Å². The summed E-state index contributed by atoms with van der Waals surface area (Å²) in [6, 6.07) is 7.97. The standard InChI is InChI=1S/C14H19N3O3S/c1-10(7-8-20-2)17-21(18,19)12-4-5-13-11(9-12)3-6-14(15)16-13/h3-6,9-10,17H,7-8H2,1-2H3,(H2,15,16). The number of nitrogens with two attached hydrogens (primary N) is 1. The predicted molar refractivity (Wildman–Crippen MR) is 82.4 cm³/mol. The average molecular weight is 309 g/mol. The molecule has 6 nitrogen and oxygen atoms in total. The number of ether oxygens (including phenoxy) is 1. The molecule has 0 bridgehead atoms. The maximum Gasteiger partial charge on any atom is 0.240 e. The summed E-state index contributed by atoms with van der Waals surface area (Å²) in [7, 11) is -1.97. The second kappa shape index (κ2) is 6.38. The van der Waals surface area contributed by atoms with E-state index >= 15 is 0 Å². The molecule has 3 N–H and O–H groups in total.